The molecule has 1 amide bonds. The lowest BCUT2D eigenvalue weighted by Gasteiger charge is -2.15. The van der Waals surface area contributed by atoms with Crippen molar-refractivity contribution in [3.8, 4) is 0 Å². The van der Waals surface area contributed by atoms with Crippen molar-refractivity contribution in [2.75, 3.05) is 10.6 Å². The van der Waals surface area contributed by atoms with Crippen LogP contribution in [0.5, 0.6) is 0 Å². The molecule has 3 aromatic rings. The van der Waals surface area contributed by atoms with Gasteiger partial charge in [0.1, 0.15) is 11.7 Å². The number of carbonyl (C=O) groups excluding carboxylic acids is 1. The number of nitrogens with zero attached hydrogens (tertiary/aromatic N) is 2. The van der Waals surface area contributed by atoms with E-state index in [1.54, 1.807) is 0 Å². The number of nitro benzene ring substituents is 1. The van der Waals surface area contributed by atoms with Crippen LogP contribution in [0.1, 0.15) is 18.1 Å². The van der Waals surface area contributed by atoms with Crippen molar-refractivity contribution < 1.29 is 22.9 Å². The number of hydrogen-bond acceptors (Lipinski definition) is 6. The molecule has 0 saturated carbocycles. The number of anilines is 2. The third-order valence-electron chi connectivity index (χ3n) is 4.06. The lowest BCUT2D eigenvalue weighted by molar-refractivity contribution is -0.384. The maximum atomic E-state index is 12.8. The molecule has 2 aromatic carbocycles. The van der Waals surface area contributed by atoms with E-state index < -0.39 is 34.3 Å². The van der Waals surface area contributed by atoms with Crippen molar-refractivity contribution in [3.05, 3.63) is 57.6 Å². The number of benzene rings is 2. The van der Waals surface area contributed by atoms with Gasteiger partial charge in [0.15, 0.2) is 5.13 Å². The summed E-state index contributed by atoms with van der Waals surface area (Å²) in [7, 11) is 0. The Hall–Kier alpha value is -3.21. The maximum absolute atomic E-state index is 12.8. The molecular weight excluding hydrogens is 409 g/mol. The molecule has 7 nitrogen and oxygen atoms in total. The van der Waals surface area contributed by atoms with E-state index in [-0.39, 0.29) is 5.69 Å². The molecule has 0 aliphatic rings. The summed E-state index contributed by atoms with van der Waals surface area (Å²) in [6.07, 6.45) is -4.71. The van der Waals surface area contributed by atoms with Gasteiger partial charge in [-0.15, -0.1) is 0 Å². The summed E-state index contributed by atoms with van der Waals surface area (Å²) in [5.74, 6) is -0.532. The average Bonchev–Trinajstić information content (AvgIpc) is 3.02. The smallest absolute Gasteiger partial charge is 0.368 e. The summed E-state index contributed by atoms with van der Waals surface area (Å²) in [5.41, 5.74) is -0.337. The van der Waals surface area contributed by atoms with Gasteiger partial charge in [0.25, 0.3) is 5.69 Å². The molecule has 152 valence electrons. The fourth-order valence-corrected chi connectivity index (χ4v) is 3.55. The molecule has 0 fully saturated rings. The Balaban J connectivity index is 1.77. The second-order valence-corrected chi connectivity index (χ2v) is 7.36. The molecule has 29 heavy (non-hydrogen) atoms. The molecule has 0 aliphatic heterocycles. The van der Waals surface area contributed by atoms with Gasteiger partial charge in [-0.2, -0.15) is 13.2 Å². The van der Waals surface area contributed by atoms with Crippen LogP contribution in [-0.4, -0.2) is 21.9 Å². The van der Waals surface area contributed by atoms with Crippen molar-refractivity contribution in [3.63, 3.8) is 0 Å². The first-order valence-corrected chi connectivity index (χ1v) is 9.16. The first-order chi connectivity index (χ1) is 13.5. The Bertz CT molecular complexity index is 1100. The first kappa shape index (κ1) is 20.5. The quantitative estimate of drug-likeness (QED) is 0.445. The Labute approximate surface area is 166 Å². The molecule has 3 rings (SSSR count). The third kappa shape index (κ3) is 4.62. The van der Waals surface area contributed by atoms with Crippen LogP contribution in [0.15, 0.2) is 36.4 Å². The zero-order valence-electron chi connectivity index (χ0n) is 15.2. The molecule has 2 N–H and O–H groups in total. The fraction of sp³-hybridized carbons (Fsp3) is 0.222. The Morgan fingerprint density at radius 2 is 1.97 bits per heavy atom. The highest BCUT2D eigenvalue weighted by Crippen LogP contribution is 2.35. The van der Waals surface area contributed by atoms with E-state index in [0.717, 1.165) is 27.9 Å². The number of aryl methyl sites for hydroxylation is 1. The van der Waals surface area contributed by atoms with Crippen LogP contribution in [0.3, 0.4) is 0 Å². The standard InChI is InChI=1S/C18H15F3N4O3S/c1-9-3-5-13-15(7-9)29-17(23-13)24-16(26)10(2)22-12-6-4-11(18(19,20)21)8-14(12)25(27)28/h3-8,10,22H,1-2H3,(H,23,24,26)/t10-/m0/s1. The minimum atomic E-state index is -4.71. The summed E-state index contributed by atoms with van der Waals surface area (Å²) in [4.78, 5) is 26.9. The summed E-state index contributed by atoms with van der Waals surface area (Å²) in [5, 5.41) is 16.7. The average molecular weight is 424 g/mol. The molecular formula is C18H15F3N4O3S. The molecule has 0 saturated heterocycles. The summed E-state index contributed by atoms with van der Waals surface area (Å²) >= 11 is 1.27. The minimum absolute atomic E-state index is 0.189. The van der Waals surface area contributed by atoms with Gasteiger partial charge in [-0.25, -0.2) is 4.98 Å². The fourth-order valence-electron chi connectivity index (χ4n) is 2.58. The number of halogens is 3. The van der Waals surface area contributed by atoms with Gasteiger partial charge in [-0.1, -0.05) is 17.4 Å². The molecule has 1 heterocycles. The normalized spacial score (nSPS) is 12.6. The van der Waals surface area contributed by atoms with E-state index in [2.05, 4.69) is 15.6 Å². The van der Waals surface area contributed by atoms with Crippen molar-refractivity contribution >= 4 is 44.0 Å². The lowest BCUT2D eigenvalue weighted by atomic mass is 10.1. The van der Waals surface area contributed by atoms with Gasteiger partial charge >= 0.3 is 6.18 Å². The largest absolute Gasteiger partial charge is 0.416 e. The van der Waals surface area contributed by atoms with E-state index in [9.17, 15) is 28.1 Å². The molecule has 11 heteroatoms. The van der Waals surface area contributed by atoms with E-state index in [0.29, 0.717) is 11.2 Å². The number of alkyl halides is 3. The number of hydrogen-bond donors (Lipinski definition) is 2. The molecule has 1 atom stereocenters. The number of carbonyl (C=O) groups is 1. The van der Waals surface area contributed by atoms with Gasteiger partial charge < -0.3 is 10.6 Å². The van der Waals surface area contributed by atoms with Crippen LogP contribution < -0.4 is 10.6 Å². The highest BCUT2D eigenvalue weighted by Gasteiger charge is 2.33. The topological polar surface area (TPSA) is 97.2 Å². The van der Waals surface area contributed by atoms with Crippen molar-refractivity contribution in [2.45, 2.75) is 26.1 Å². The maximum Gasteiger partial charge on any atom is 0.416 e. The van der Waals surface area contributed by atoms with E-state index in [1.807, 2.05) is 25.1 Å². The predicted octanol–water partition coefficient (Wildman–Crippen LogP) is 4.97. The number of nitrogens with one attached hydrogen (secondary N) is 2. The predicted molar refractivity (Wildman–Crippen MR) is 104 cm³/mol. The minimum Gasteiger partial charge on any atom is -0.368 e. The van der Waals surface area contributed by atoms with E-state index in [4.69, 9.17) is 0 Å². The highest BCUT2D eigenvalue weighted by atomic mass is 32.1. The SMILES string of the molecule is Cc1ccc2nc(NC(=O)[C@H](C)Nc3ccc(C(F)(F)F)cc3[N+](=O)[O-])sc2c1. The van der Waals surface area contributed by atoms with Crippen LogP contribution in [0.4, 0.5) is 29.7 Å². The molecule has 0 spiro atoms. The molecule has 1 aromatic heterocycles. The molecule has 0 radical (unpaired) electrons. The number of rotatable bonds is 5. The Morgan fingerprint density at radius 3 is 2.62 bits per heavy atom. The number of amides is 1. The van der Waals surface area contributed by atoms with Crippen molar-refractivity contribution in [1.82, 2.24) is 4.98 Å². The van der Waals surface area contributed by atoms with Crippen LogP contribution >= 0.6 is 11.3 Å². The number of thiazole rings is 1. The van der Waals surface area contributed by atoms with Gasteiger partial charge in [-0.3, -0.25) is 14.9 Å². The monoisotopic (exact) mass is 424 g/mol. The van der Waals surface area contributed by atoms with Gasteiger partial charge in [0.05, 0.1) is 20.7 Å². The Morgan fingerprint density at radius 1 is 1.24 bits per heavy atom. The second-order valence-electron chi connectivity index (χ2n) is 6.33. The van der Waals surface area contributed by atoms with Crippen LogP contribution in [0.2, 0.25) is 0 Å². The van der Waals surface area contributed by atoms with E-state index in [1.165, 1.54) is 18.3 Å². The summed E-state index contributed by atoms with van der Waals surface area (Å²) in [6, 6.07) is 6.77. The lowest BCUT2D eigenvalue weighted by Crippen LogP contribution is -2.32. The second kappa shape index (κ2) is 7.66. The van der Waals surface area contributed by atoms with Crippen LogP contribution in [0.25, 0.3) is 10.2 Å². The van der Waals surface area contributed by atoms with Crippen LogP contribution in [0, 0.1) is 17.0 Å². The summed E-state index contributed by atoms with van der Waals surface area (Å²) in [6.45, 7) is 3.37. The van der Waals surface area contributed by atoms with Gasteiger partial charge in [-0.05, 0) is 43.7 Å². The molecule has 0 bridgehead atoms. The molecule has 0 unspecified atom stereocenters. The van der Waals surface area contributed by atoms with E-state index >= 15 is 0 Å². The van der Waals surface area contributed by atoms with Crippen molar-refractivity contribution in [1.29, 1.82) is 0 Å². The Kier molecular flexibility index (Phi) is 5.42. The number of aromatic nitrogens is 1. The van der Waals surface area contributed by atoms with Crippen molar-refractivity contribution in [2.24, 2.45) is 0 Å². The zero-order chi connectivity index (χ0) is 21.3. The number of nitro groups is 1. The third-order valence-corrected chi connectivity index (χ3v) is 4.99. The summed E-state index contributed by atoms with van der Waals surface area (Å²) < 4.78 is 39.3. The number of fused-ring (bicyclic) bond motifs is 1. The van der Waals surface area contributed by atoms with Gasteiger partial charge in [0.2, 0.25) is 5.91 Å². The molecule has 0 aliphatic carbocycles. The van der Waals surface area contributed by atoms with Gasteiger partial charge in [0, 0.05) is 6.07 Å². The zero-order valence-corrected chi connectivity index (χ0v) is 16.0. The van der Waals surface area contributed by atoms with Crippen LogP contribution in [-0.2, 0) is 11.0 Å². The first-order valence-electron chi connectivity index (χ1n) is 8.35. The highest BCUT2D eigenvalue weighted by molar-refractivity contribution is 7.22.